The van der Waals surface area contributed by atoms with E-state index in [2.05, 4.69) is 11.9 Å². The Labute approximate surface area is 146 Å². The van der Waals surface area contributed by atoms with Gasteiger partial charge in [-0.2, -0.15) is 5.26 Å². The number of nitrogens with zero attached hydrogens (tertiary/aromatic N) is 1. The molecule has 122 valence electrons. The number of nitrogens with one attached hydrogen (secondary N) is 1. The summed E-state index contributed by atoms with van der Waals surface area (Å²) < 4.78 is 5.62. The maximum absolute atomic E-state index is 12.3. The second-order valence-corrected chi connectivity index (χ2v) is 6.04. The average molecular weight is 338 g/mol. The summed E-state index contributed by atoms with van der Waals surface area (Å²) in [5.41, 5.74) is 1.30. The third-order valence-electron chi connectivity index (χ3n) is 3.17. The van der Waals surface area contributed by atoms with Crippen molar-refractivity contribution >= 4 is 23.4 Å². The zero-order valence-electron chi connectivity index (χ0n) is 13.4. The van der Waals surface area contributed by atoms with Gasteiger partial charge in [0.15, 0.2) is 6.10 Å². The van der Waals surface area contributed by atoms with E-state index in [0.717, 1.165) is 16.3 Å². The molecule has 0 aliphatic heterocycles. The van der Waals surface area contributed by atoms with Crippen LogP contribution in [-0.2, 0) is 4.79 Å². The molecule has 2 aromatic carbocycles. The summed E-state index contributed by atoms with van der Waals surface area (Å²) in [7, 11) is 0. The second-order valence-electron chi connectivity index (χ2n) is 4.98. The lowest BCUT2D eigenvalue weighted by atomic mass is 10.2. The number of carbonyl (C=O) groups excluding carboxylic acids is 1. The number of thioether (sulfide) groups is 1. The van der Waals surface area contributed by atoms with E-state index in [4.69, 9.17) is 10.00 Å². The van der Waals surface area contributed by atoms with Gasteiger partial charge in [-0.3, -0.25) is 4.79 Å². The Morgan fingerprint density at radius 1 is 1.33 bits per heavy atom. The van der Waals surface area contributed by atoms with Crippen LogP contribution < -0.4 is 10.1 Å². The molecule has 0 saturated carbocycles. The van der Waals surface area contributed by atoms with Crippen LogP contribution in [0.1, 0.15) is 12.5 Å². The molecule has 0 spiro atoms. The standard InChI is InChI=1S/C19H18N2O2S/c1-3-12-24-18-7-5-4-6-17(18)21-19(22)14(2)23-16-10-8-15(13-20)9-11-16/h3-11,14H,1,12H2,2H3,(H,21,22). The minimum absolute atomic E-state index is 0.231. The van der Waals surface area contributed by atoms with E-state index in [1.807, 2.05) is 36.4 Å². The topological polar surface area (TPSA) is 62.1 Å². The first-order valence-corrected chi connectivity index (χ1v) is 8.43. The Kier molecular flexibility index (Phi) is 6.47. The summed E-state index contributed by atoms with van der Waals surface area (Å²) in [6.07, 6.45) is 1.16. The molecular weight excluding hydrogens is 320 g/mol. The zero-order valence-corrected chi connectivity index (χ0v) is 14.2. The van der Waals surface area contributed by atoms with Gasteiger partial charge in [0.05, 0.1) is 17.3 Å². The number of hydrogen-bond acceptors (Lipinski definition) is 4. The fraction of sp³-hybridized carbons (Fsp3) is 0.158. The average Bonchev–Trinajstić information content (AvgIpc) is 2.61. The molecule has 2 rings (SSSR count). The van der Waals surface area contributed by atoms with E-state index >= 15 is 0 Å². The summed E-state index contributed by atoms with van der Waals surface area (Å²) in [4.78, 5) is 13.3. The number of benzene rings is 2. The summed E-state index contributed by atoms with van der Waals surface area (Å²) in [6.45, 7) is 5.39. The molecule has 1 amide bonds. The van der Waals surface area contributed by atoms with E-state index in [1.54, 1.807) is 43.0 Å². The molecule has 0 heterocycles. The Morgan fingerprint density at radius 3 is 2.71 bits per heavy atom. The third kappa shape index (κ3) is 4.90. The summed E-state index contributed by atoms with van der Waals surface area (Å²) in [5, 5.41) is 11.7. The highest BCUT2D eigenvalue weighted by Crippen LogP contribution is 2.27. The molecule has 0 aliphatic rings. The van der Waals surface area contributed by atoms with Crippen molar-refractivity contribution in [1.29, 1.82) is 5.26 Å². The van der Waals surface area contributed by atoms with Crippen LogP contribution in [0.5, 0.6) is 5.75 Å². The van der Waals surface area contributed by atoms with Gasteiger partial charge >= 0.3 is 0 Å². The molecule has 0 fully saturated rings. The van der Waals surface area contributed by atoms with E-state index in [1.165, 1.54) is 0 Å². The van der Waals surface area contributed by atoms with Gasteiger partial charge in [-0.1, -0.05) is 18.2 Å². The van der Waals surface area contributed by atoms with Gasteiger partial charge in [0.2, 0.25) is 0 Å². The quantitative estimate of drug-likeness (QED) is 0.606. The summed E-state index contributed by atoms with van der Waals surface area (Å²) in [5.74, 6) is 1.08. The number of hydrogen-bond donors (Lipinski definition) is 1. The molecule has 5 heteroatoms. The third-order valence-corrected chi connectivity index (χ3v) is 4.24. The minimum Gasteiger partial charge on any atom is -0.481 e. The van der Waals surface area contributed by atoms with Gasteiger partial charge in [-0.25, -0.2) is 0 Å². The highest BCUT2D eigenvalue weighted by molar-refractivity contribution is 7.99. The molecule has 1 atom stereocenters. The number of nitriles is 1. The fourth-order valence-electron chi connectivity index (χ4n) is 1.94. The predicted octanol–water partition coefficient (Wildman–Crippen LogP) is 4.24. The highest BCUT2D eigenvalue weighted by Gasteiger charge is 2.16. The van der Waals surface area contributed by atoms with Gasteiger partial charge in [0.25, 0.3) is 5.91 Å². The second kappa shape index (κ2) is 8.80. The van der Waals surface area contributed by atoms with Gasteiger partial charge in [0.1, 0.15) is 5.75 Å². The molecule has 24 heavy (non-hydrogen) atoms. The van der Waals surface area contributed by atoms with Crippen molar-refractivity contribution in [3.63, 3.8) is 0 Å². The van der Waals surface area contributed by atoms with E-state index in [0.29, 0.717) is 11.3 Å². The monoisotopic (exact) mass is 338 g/mol. The number of anilines is 1. The van der Waals surface area contributed by atoms with Crippen LogP contribution in [0.4, 0.5) is 5.69 Å². The van der Waals surface area contributed by atoms with Gasteiger partial charge in [-0.05, 0) is 43.3 Å². The van der Waals surface area contributed by atoms with Crippen molar-refractivity contribution in [3.8, 4) is 11.8 Å². The van der Waals surface area contributed by atoms with Crippen LogP contribution >= 0.6 is 11.8 Å². The lowest BCUT2D eigenvalue weighted by molar-refractivity contribution is -0.122. The lowest BCUT2D eigenvalue weighted by Gasteiger charge is -2.16. The van der Waals surface area contributed by atoms with Crippen LogP contribution in [0, 0.1) is 11.3 Å². The Hall–Kier alpha value is -2.71. The number of amides is 1. The molecule has 0 aliphatic carbocycles. The SMILES string of the molecule is C=CCSc1ccccc1NC(=O)C(C)Oc1ccc(C#N)cc1. The van der Waals surface area contributed by atoms with Gasteiger partial charge in [0, 0.05) is 10.6 Å². The largest absolute Gasteiger partial charge is 0.481 e. The molecule has 2 aromatic rings. The van der Waals surface area contributed by atoms with E-state index in [-0.39, 0.29) is 5.91 Å². The maximum atomic E-state index is 12.3. The summed E-state index contributed by atoms with van der Waals surface area (Å²) >= 11 is 1.60. The lowest BCUT2D eigenvalue weighted by Crippen LogP contribution is -2.30. The first kappa shape index (κ1) is 17.6. The van der Waals surface area contributed by atoms with E-state index < -0.39 is 6.10 Å². The number of rotatable bonds is 7. The van der Waals surface area contributed by atoms with Crippen LogP contribution in [0.2, 0.25) is 0 Å². The van der Waals surface area contributed by atoms with Crippen molar-refractivity contribution in [3.05, 3.63) is 66.7 Å². The maximum Gasteiger partial charge on any atom is 0.265 e. The van der Waals surface area contributed by atoms with Crippen LogP contribution in [-0.4, -0.2) is 17.8 Å². The Bertz CT molecular complexity index is 751. The van der Waals surface area contributed by atoms with Gasteiger partial charge in [-0.15, -0.1) is 18.3 Å². The number of carbonyl (C=O) groups is 1. The van der Waals surface area contributed by atoms with Crippen LogP contribution in [0.3, 0.4) is 0 Å². The van der Waals surface area contributed by atoms with Crippen molar-refractivity contribution in [2.45, 2.75) is 17.9 Å². The minimum atomic E-state index is -0.657. The smallest absolute Gasteiger partial charge is 0.265 e. The molecule has 1 N–H and O–H groups in total. The number of ether oxygens (including phenoxy) is 1. The summed E-state index contributed by atoms with van der Waals surface area (Å²) in [6, 6.07) is 16.3. The molecule has 0 bridgehead atoms. The molecule has 4 nitrogen and oxygen atoms in total. The van der Waals surface area contributed by atoms with Crippen LogP contribution in [0.25, 0.3) is 0 Å². The van der Waals surface area contributed by atoms with Crippen molar-refractivity contribution in [2.24, 2.45) is 0 Å². The van der Waals surface area contributed by atoms with Crippen molar-refractivity contribution < 1.29 is 9.53 Å². The van der Waals surface area contributed by atoms with Crippen molar-refractivity contribution in [2.75, 3.05) is 11.1 Å². The van der Waals surface area contributed by atoms with Gasteiger partial charge < -0.3 is 10.1 Å². The molecule has 0 saturated heterocycles. The Morgan fingerprint density at radius 2 is 2.04 bits per heavy atom. The molecule has 1 unspecified atom stereocenters. The molecule has 0 radical (unpaired) electrons. The van der Waals surface area contributed by atoms with Crippen molar-refractivity contribution in [1.82, 2.24) is 0 Å². The Balaban J connectivity index is 2.01. The van der Waals surface area contributed by atoms with Crippen LogP contribution in [0.15, 0.2) is 66.1 Å². The molecular formula is C19H18N2O2S. The normalized spacial score (nSPS) is 11.2. The highest BCUT2D eigenvalue weighted by atomic mass is 32.2. The fourth-order valence-corrected chi connectivity index (χ4v) is 2.69. The predicted molar refractivity (Wildman–Crippen MR) is 97.2 cm³/mol. The zero-order chi connectivity index (χ0) is 17.4. The first-order chi connectivity index (χ1) is 11.6. The first-order valence-electron chi connectivity index (χ1n) is 7.44. The van der Waals surface area contributed by atoms with E-state index in [9.17, 15) is 4.79 Å². The number of para-hydroxylation sites is 1. The molecule has 0 aromatic heterocycles.